The summed E-state index contributed by atoms with van der Waals surface area (Å²) < 4.78 is 33.6. The molecule has 0 bridgehead atoms. The average molecular weight is 423 g/mol. The normalized spacial score (nSPS) is 14.1. The Morgan fingerprint density at radius 2 is 1.26 bits per heavy atom. The van der Waals surface area contributed by atoms with Crippen molar-refractivity contribution in [2.45, 2.75) is 44.9 Å². The van der Waals surface area contributed by atoms with E-state index in [9.17, 15) is 9.59 Å². The van der Waals surface area contributed by atoms with Gasteiger partial charge < -0.3 is 26.6 Å². The highest BCUT2D eigenvalue weighted by atomic mass is 28.4. The van der Waals surface area contributed by atoms with Crippen molar-refractivity contribution in [3.63, 3.8) is 0 Å². The minimum atomic E-state index is -3.48. The van der Waals surface area contributed by atoms with Gasteiger partial charge in [0.05, 0.1) is 6.04 Å². The molecule has 0 aromatic rings. The third kappa shape index (κ3) is 7.47. The number of nitrogens with zero attached hydrogens (tertiary/aromatic N) is 2. The summed E-state index contributed by atoms with van der Waals surface area (Å²) in [6, 6.07) is -0.473. The highest BCUT2D eigenvalue weighted by molar-refractivity contribution is 6.63. The first-order chi connectivity index (χ1) is 13.0. The van der Waals surface area contributed by atoms with E-state index in [0.717, 1.165) is 0 Å². The number of isocyanates is 2. The van der Waals surface area contributed by atoms with Crippen molar-refractivity contribution in [2.24, 2.45) is 9.98 Å². The van der Waals surface area contributed by atoms with E-state index in [2.05, 4.69) is 9.98 Å². The van der Waals surface area contributed by atoms with E-state index >= 15 is 0 Å². The van der Waals surface area contributed by atoms with Crippen molar-refractivity contribution >= 4 is 29.8 Å². The molecule has 0 fully saturated rings. The van der Waals surface area contributed by atoms with Crippen molar-refractivity contribution in [3.05, 3.63) is 0 Å². The Kier molecular flexibility index (Phi) is 13.5. The molecule has 0 saturated carbocycles. The van der Waals surface area contributed by atoms with Crippen LogP contribution in [0.3, 0.4) is 0 Å². The Labute approximate surface area is 162 Å². The molecule has 0 rings (SSSR count). The lowest BCUT2D eigenvalue weighted by atomic mass is 10.2. The van der Waals surface area contributed by atoms with Crippen molar-refractivity contribution in [3.8, 4) is 0 Å². The molecular formula is C15H30N2O8Si2. The van der Waals surface area contributed by atoms with Crippen LogP contribution in [0.5, 0.6) is 0 Å². The molecule has 0 saturated heterocycles. The molecule has 0 aliphatic carbocycles. The highest BCUT2D eigenvalue weighted by Crippen LogP contribution is 2.27. The first kappa shape index (κ1) is 26.0. The van der Waals surface area contributed by atoms with Crippen LogP contribution in [0, 0.1) is 0 Å². The van der Waals surface area contributed by atoms with E-state index in [1.807, 2.05) is 0 Å². The number of aliphatic imine (C=N–C) groups is 2. The summed E-state index contributed by atoms with van der Waals surface area (Å²) in [6.07, 6.45) is 3.31. The summed E-state index contributed by atoms with van der Waals surface area (Å²) in [5.74, 6) is 0. The van der Waals surface area contributed by atoms with Gasteiger partial charge in [-0.05, 0) is 27.2 Å². The van der Waals surface area contributed by atoms with E-state index in [-0.39, 0.29) is 26.2 Å². The molecule has 0 aromatic heterocycles. The summed E-state index contributed by atoms with van der Waals surface area (Å²) in [6.45, 7) is 6.17. The molecule has 0 radical (unpaired) electrons. The Bertz CT molecular complexity index is 483. The van der Waals surface area contributed by atoms with Crippen molar-refractivity contribution in [1.29, 1.82) is 0 Å². The van der Waals surface area contributed by atoms with Gasteiger partial charge in [-0.2, -0.15) is 4.99 Å². The molecule has 0 N–H and O–H groups in total. The van der Waals surface area contributed by atoms with Crippen molar-refractivity contribution in [1.82, 2.24) is 0 Å². The van der Waals surface area contributed by atoms with Crippen LogP contribution in [0.1, 0.15) is 27.2 Å². The molecule has 0 spiro atoms. The zero-order chi connectivity index (χ0) is 20.8. The first-order valence-electron chi connectivity index (χ1n) is 8.69. The smallest absolute Gasteiger partial charge is 0.377 e. The second-order valence-electron chi connectivity index (χ2n) is 5.19. The van der Waals surface area contributed by atoms with Gasteiger partial charge in [-0.25, -0.2) is 14.6 Å². The quantitative estimate of drug-likeness (QED) is 0.207. The highest BCUT2D eigenvalue weighted by Gasteiger charge is 2.54. The predicted molar refractivity (Wildman–Crippen MR) is 101 cm³/mol. The lowest BCUT2D eigenvalue weighted by Gasteiger charge is -2.35. The largest absolute Gasteiger partial charge is 0.530 e. The van der Waals surface area contributed by atoms with E-state index < -0.39 is 29.3 Å². The van der Waals surface area contributed by atoms with Gasteiger partial charge in [-0.3, -0.25) is 0 Å². The molecule has 0 aromatic carbocycles. The molecule has 10 nitrogen and oxygen atoms in total. The lowest BCUT2D eigenvalue weighted by Crippen LogP contribution is -2.60. The second kappa shape index (κ2) is 14.0. The maximum Gasteiger partial charge on any atom is 0.530 e. The van der Waals surface area contributed by atoms with E-state index in [1.54, 1.807) is 20.8 Å². The van der Waals surface area contributed by atoms with Crippen LogP contribution in [0.4, 0.5) is 0 Å². The Morgan fingerprint density at radius 1 is 0.815 bits per heavy atom. The van der Waals surface area contributed by atoms with Crippen LogP contribution in [0.25, 0.3) is 0 Å². The zero-order valence-electron chi connectivity index (χ0n) is 16.9. The summed E-state index contributed by atoms with van der Waals surface area (Å²) in [5, 5.41) is 0. The molecule has 27 heavy (non-hydrogen) atoms. The maximum absolute atomic E-state index is 11.1. The van der Waals surface area contributed by atoms with Crippen molar-refractivity contribution in [2.75, 3.05) is 41.2 Å². The zero-order valence-corrected chi connectivity index (χ0v) is 18.9. The second-order valence-corrected chi connectivity index (χ2v) is 10.9. The number of hydrogen-bond acceptors (Lipinski definition) is 10. The Morgan fingerprint density at radius 3 is 1.59 bits per heavy atom. The van der Waals surface area contributed by atoms with Crippen LogP contribution >= 0.6 is 0 Å². The molecule has 2 unspecified atom stereocenters. The van der Waals surface area contributed by atoms with Crippen LogP contribution in [0.15, 0.2) is 9.98 Å². The summed E-state index contributed by atoms with van der Waals surface area (Å²) in [4.78, 5) is 29.8. The van der Waals surface area contributed by atoms with Gasteiger partial charge >= 0.3 is 17.6 Å². The monoisotopic (exact) mass is 422 g/mol. The van der Waals surface area contributed by atoms with Gasteiger partial charge in [0.2, 0.25) is 12.2 Å². The van der Waals surface area contributed by atoms with E-state index in [1.165, 1.54) is 33.5 Å². The Balaban J connectivity index is 5.94. The SMILES string of the molecule is CCO[Si](OCC)(OCC)C(N=C=O)C(CC[Si](OC)(OC)OC)N=C=O. The average Bonchev–Trinajstić information content (AvgIpc) is 2.67. The lowest BCUT2D eigenvalue weighted by molar-refractivity contribution is 0.0591. The Hall–Kier alpha value is -1.05. The topological polar surface area (TPSA) is 114 Å². The molecule has 0 aliphatic rings. The summed E-state index contributed by atoms with van der Waals surface area (Å²) in [7, 11) is -1.96. The third-order valence-corrected chi connectivity index (χ3v) is 9.93. The van der Waals surface area contributed by atoms with Crippen LogP contribution < -0.4 is 0 Å². The van der Waals surface area contributed by atoms with Crippen molar-refractivity contribution < 1.29 is 36.1 Å². The fourth-order valence-corrected chi connectivity index (χ4v) is 7.34. The predicted octanol–water partition coefficient (Wildman–Crippen LogP) is 1.25. The molecule has 0 heterocycles. The maximum atomic E-state index is 11.1. The minimum Gasteiger partial charge on any atom is -0.377 e. The standard InChI is InChI=1S/C15H30N2O8Si2/c1-7-23-27(24-8-2,25-9-3)15(17-13-19)14(16-12-18)10-11-26(20-4,21-5)22-6/h14-15H,7-11H2,1-6H3. The van der Waals surface area contributed by atoms with Gasteiger partial charge in [0.15, 0.2) is 5.67 Å². The summed E-state index contributed by atoms with van der Waals surface area (Å²) >= 11 is 0. The molecule has 2 atom stereocenters. The van der Waals surface area contributed by atoms with Gasteiger partial charge in [0, 0.05) is 47.2 Å². The van der Waals surface area contributed by atoms with Gasteiger partial charge in [-0.1, -0.05) is 0 Å². The van der Waals surface area contributed by atoms with Gasteiger partial charge in [0.25, 0.3) is 0 Å². The minimum absolute atomic E-state index is 0.259. The van der Waals surface area contributed by atoms with Crippen LogP contribution in [-0.2, 0) is 36.1 Å². The number of rotatable bonds is 16. The number of carbonyl (C=O) groups excluding carboxylic acids is 2. The third-order valence-electron chi connectivity index (χ3n) is 3.85. The molecule has 0 aliphatic heterocycles. The molecular weight excluding hydrogens is 392 g/mol. The van der Waals surface area contributed by atoms with Gasteiger partial charge in [-0.15, -0.1) is 0 Å². The molecule has 0 amide bonds. The first-order valence-corrected chi connectivity index (χ1v) is 12.4. The van der Waals surface area contributed by atoms with Crippen LogP contribution in [0.2, 0.25) is 6.04 Å². The van der Waals surface area contributed by atoms with Crippen LogP contribution in [-0.4, -0.2) is 82.6 Å². The molecule has 12 heteroatoms. The van der Waals surface area contributed by atoms with Gasteiger partial charge in [0.1, 0.15) is 0 Å². The summed E-state index contributed by atoms with van der Waals surface area (Å²) in [5.41, 5.74) is -0.950. The fourth-order valence-electron chi connectivity index (χ4n) is 2.68. The van der Waals surface area contributed by atoms with E-state index in [4.69, 9.17) is 26.6 Å². The fraction of sp³-hybridized carbons (Fsp3) is 0.867. The molecule has 156 valence electrons. The van der Waals surface area contributed by atoms with E-state index in [0.29, 0.717) is 6.04 Å². The number of hydrogen-bond donors (Lipinski definition) is 0.